The molecule has 4 rings (SSSR count). The number of fused-ring (bicyclic) bond motifs is 1. The molecule has 0 spiro atoms. The van der Waals surface area contributed by atoms with Gasteiger partial charge in [-0.1, -0.05) is 11.6 Å². The van der Waals surface area contributed by atoms with E-state index in [0.29, 0.717) is 18.1 Å². The van der Waals surface area contributed by atoms with E-state index in [9.17, 15) is 4.79 Å². The Hall–Kier alpha value is -1.31. The van der Waals surface area contributed by atoms with Crippen molar-refractivity contribution in [2.45, 2.75) is 0 Å². The fourth-order valence-corrected chi connectivity index (χ4v) is 3.55. The zero-order valence-corrected chi connectivity index (χ0v) is 16.6. The lowest BCUT2D eigenvalue weighted by Crippen LogP contribution is -2.48. The molecule has 2 saturated heterocycles. The maximum absolute atomic E-state index is 12.1. The zero-order valence-electron chi connectivity index (χ0n) is 14.2. The minimum Gasteiger partial charge on any atom is -0.353 e. The van der Waals surface area contributed by atoms with Crippen LogP contribution in [-0.2, 0) is 4.79 Å². The molecule has 0 radical (unpaired) electrons. The molecule has 2 aliphatic heterocycles. The van der Waals surface area contributed by atoms with Gasteiger partial charge in [0.1, 0.15) is 5.82 Å². The van der Waals surface area contributed by atoms with Crippen LogP contribution in [-0.4, -0.2) is 56.7 Å². The lowest BCUT2D eigenvalue weighted by atomic mass is 10.1. The van der Waals surface area contributed by atoms with E-state index in [2.05, 4.69) is 15.5 Å². The Kier molecular flexibility index (Phi) is 7.32. The number of aromatic nitrogens is 1. The number of pyridine rings is 1. The van der Waals surface area contributed by atoms with Gasteiger partial charge in [0.25, 0.3) is 0 Å². The van der Waals surface area contributed by atoms with Crippen LogP contribution in [0.3, 0.4) is 0 Å². The molecule has 0 aliphatic carbocycles. The molecule has 3 heterocycles. The lowest BCUT2D eigenvalue weighted by molar-refractivity contribution is -0.118. The third-order valence-electron chi connectivity index (χ3n) is 4.55. The summed E-state index contributed by atoms with van der Waals surface area (Å²) in [6.45, 7) is 5.59. The number of rotatable bonds is 2. The average Bonchev–Trinajstić information content (AvgIpc) is 2.62. The van der Waals surface area contributed by atoms with E-state index in [1.165, 1.54) is 0 Å². The molecule has 2 N–H and O–H groups in total. The second kappa shape index (κ2) is 9.06. The minimum absolute atomic E-state index is 0. The molecule has 6 nitrogen and oxygen atoms in total. The summed E-state index contributed by atoms with van der Waals surface area (Å²) in [4.78, 5) is 20.8. The van der Waals surface area contributed by atoms with E-state index in [4.69, 9.17) is 16.6 Å². The van der Waals surface area contributed by atoms with Gasteiger partial charge >= 0.3 is 0 Å². The van der Waals surface area contributed by atoms with Gasteiger partial charge < -0.3 is 20.4 Å². The van der Waals surface area contributed by atoms with Crippen LogP contribution in [0, 0.1) is 0 Å². The molecular weight excluding hydrogens is 397 g/mol. The molecule has 2 fully saturated rings. The minimum atomic E-state index is 0. The quantitative estimate of drug-likeness (QED) is 0.782. The average molecular weight is 419 g/mol. The standard InChI is InChI=1S/C17H20ClN5O.2ClH/c18-14-10-12-9-13(23-8-5-20-11-16(23)24)1-2-15(12)21-17(14)22-6-3-19-4-7-22;;/h1-2,9-10,19-20H,3-8,11H2;2*1H. The second-order valence-corrected chi connectivity index (χ2v) is 6.54. The molecule has 2 aliphatic rings. The van der Waals surface area contributed by atoms with Gasteiger partial charge in [-0.15, -0.1) is 24.8 Å². The first-order valence-corrected chi connectivity index (χ1v) is 8.67. The summed E-state index contributed by atoms with van der Waals surface area (Å²) in [6, 6.07) is 7.90. The molecule has 142 valence electrons. The fourth-order valence-electron chi connectivity index (χ4n) is 3.27. The number of hydrogen-bond donors (Lipinski definition) is 2. The number of hydrogen-bond acceptors (Lipinski definition) is 5. The summed E-state index contributed by atoms with van der Waals surface area (Å²) in [6.07, 6.45) is 0. The highest BCUT2D eigenvalue weighted by atomic mass is 35.5. The highest BCUT2D eigenvalue weighted by Gasteiger charge is 2.20. The fraction of sp³-hybridized carbons (Fsp3) is 0.412. The SMILES string of the molecule is Cl.Cl.O=C1CNCCN1c1ccc2nc(N3CCNCC3)c(Cl)cc2c1. The summed E-state index contributed by atoms with van der Waals surface area (Å²) in [7, 11) is 0. The van der Waals surface area contributed by atoms with Gasteiger partial charge in [0, 0.05) is 50.3 Å². The van der Waals surface area contributed by atoms with Crippen molar-refractivity contribution in [2.75, 3.05) is 55.6 Å². The summed E-state index contributed by atoms with van der Waals surface area (Å²) in [5.41, 5.74) is 1.81. The van der Waals surface area contributed by atoms with E-state index >= 15 is 0 Å². The first-order valence-electron chi connectivity index (χ1n) is 8.29. The molecule has 0 unspecified atom stereocenters. The van der Waals surface area contributed by atoms with Crippen LogP contribution in [0.5, 0.6) is 0 Å². The Morgan fingerprint density at radius 2 is 1.73 bits per heavy atom. The molecule has 26 heavy (non-hydrogen) atoms. The van der Waals surface area contributed by atoms with Crippen LogP contribution in [0.2, 0.25) is 5.02 Å². The van der Waals surface area contributed by atoms with Crippen molar-refractivity contribution < 1.29 is 4.79 Å². The van der Waals surface area contributed by atoms with Crippen molar-refractivity contribution in [3.63, 3.8) is 0 Å². The smallest absolute Gasteiger partial charge is 0.240 e. The predicted octanol–water partition coefficient (Wildman–Crippen LogP) is 2.08. The van der Waals surface area contributed by atoms with E-state index < -0.39 is 0 Å². The number of carbonyl (C=O) groups is 1. The van der Waals surface area contributed by atoms with Crippen LogP contribution in [0.1, 0.15) is 0 Å². The third kappa shape index (κ3) is 4.15. The van der Waals surface area contributed by atoms with Gasteiger partial charge in [-0.05, 0) is 24.3 Å². The normalized spacial score (nSPS) is 17.7. The number of amides is 1. The summed E-state index contributed by atoms with van der Waals surface area (Å²) in [5, 5.41) is 8.04. The van der Waals surface area contributed by atoms with Crippen molar-refractivity contribution >= 4 is 64.7 Å². The Morgan fingerprint density at radius 1 is 1.00 bits per heavy atom. The van der Waals surface area contributed by atoms with E-state index in [1.807, 2.05) is 29.2 Å². The third-order valence-corrected chi connectivity index (χ3v) is 4.83. The molecule has 1 aromatic carbocycles. The Balaban J connectivity index is 0.00000121. The number of nitrogens with zero attached hydrogens (tertiary/aromatic N) is 3. The highest BCUT2D eigenvalue weighted by Crippen LogP contribution is 2.30. The lowest BCUT2D eigenvalue weighted by Gasteiger charge is -2.29. The van der Waals surface area contributed by atoms with E-state index in [1.54, 1.807) is 0 Å². The van der Waals surface area contributed by atoms with Crippen LogP contribution >= 0.6 is 36.4 Å². The molecule has 9 heteroatoms. The van der Waals surface area contributed by atoms with Crippen LogP contribution in [0.4, 0.5) is 11.5 Å². The first kappa shape index (κ1) is 21.0. The second-order valence-electron chi connectivity index (χ2n) is 6.13. The number of carbonyl (C=O) groups excluding carboxylic acids is 1. The van der Waals surface area contributed by atoms with E-state index in [-0.39, 0.29) is 30.7 Å². The number of benzene rings is 1. The molecule has 1 aromatic heterocycles. The summed E-state index contributed by atoms with van der Waals surface area (Å²) >= 11 is 6.49. The number of halogens is 3. The topological polar surface area (TPSA) is 60.5 Å². The molecule has 1 amide bonds. The van der Waals surface area contributed by atoms with Crippen molar-refractivity contribution in [1.29, 1.82) is 0 Å². The van der Waals surface area contributed by atoms with Crippen LogP contribution in [0.25, 0.3) is 10.9 Å². The van der Waals surface area contributed by atoms with E-state index in [0.717, 1.165) is 55.1 Å². The van der Waals surface area contributed by atoms with Gasteiger partial charge in [0.05, 0.1) is 17.1 Å². The van der Waals surface area contributed by atoms with Crippen LogP contribution < -0.4 is 20.4 Å². The van der Waals surface area contributed by atoms with Crippen molar-refractivity contribution in [2.24, 2.45) is 0 Å². The van der Waals surface area contributed by atoms with Gasteiger partial charge in [-0.3, -0.25) is 4.79 Å². The molecule has 0 saturated carbocycles. The molecular formula is C17H22Cl3N5O. The van der Waals surface area contributed by atoms with Gasteiger partial charge in [0.15, 0.2) is 0 Å². The molecule has 2 aromatic rings. The van der Waals surface area contributed by atoms with Gasteiger partial charge in [-0.25, -0.2) is 4.98 Å². The largest absolute Gasteiger partial charge is 0.353 e. The molecule has 0 atom stereocenters. The predicted molar refractivity (Wildman–Crippen MR) is 112 cm³/mol. The van der Waals surface area contributed by atoms with Gasteiger partial charge in [-0.2, -0.15) is 0 Å². The van der Waals surface area contributed by atoms with Gasteiger partial charge in [0.2, 0.25) is 5.91 Å². The van der Waals surface area contributed by atoms with Crippen LogP contribution in [0.15, 0.2) is 24.3 Å². The van der Waals surface area contributed by atoms with Crippen molar-refractivity contribution in [3.05, 3.63) is 29.3 Å². The highest BCUT2D eigenvalue weighted by molar-refractivity contribution is 6.33. The number of piperazine rings is 2. The summed E-state index contributed by atoms with van der Waals surface area (Å²) in [5.74, 6) is 0.939. The Bertz CT molecular complexity index is 782. The monoisotopic (exact) mass is 417 g/mol. The Labute approximate surface area is 170 Å². The molecule has 0 bridgehead atoms. The summed E-state index contributed by atoms with van der Waals surface area (Å²) < 4.78 is 0. The maximum atomic E-state index is 12.1. The Morgan fingerprint density at radius 3 is 2.46 bits per heavy atom. The maximum Gasteiger partial charge on any atom is 0.240 e. The zero-order chi connectivity index (χ0) is 16.5. The van der Waals surface area contributed by atoms with Crippen molar-refractivity contribution in [1.82, 2.24) is 15.6 Å². The number of nitrogens with one attached hydrogen (secondary N) is 2. The first-order chi connectivity index (χ1) is 11.7. The van der Waals surface area contributed by atoms with Crippen molar-refractivity contribution in [3.8, 4) is 0 Å². The number of anilines is 2.